The molecule has 1 aromatic carbocycles. The quantitative estimate of drug-likeness (QED) is 0.759. The molecule has 5 heteroatoms. The minimum Gasteiger partial charge on any atom is -0.396 e. The van der Waals surface area contributed by atoms with Crippen molar-refractivity contribution in [2.75, 3.05) is 6.61 Å². The lowest BCUT2D eigenvalue weighted by Gasteiger charge is -2.12. The van der Waals surface area contributed by atoms with Gasteiger partial charge >= 0.3 is 0 Å². The van der Waals surface area contributed by atoms with Crippen LogP contribution in [0.2, 0.25) is 0 Å². The van der Waals surface area contributed by atoms with Gasteiger partial charge in [-0.25, -0.2) is 13.2 Å². The maximum absolute atomic E-state index is 13.2. The number of nitrogens with two attached hydrogens (primary N) is 1. The molecule has 0 fully saturated rings. The molecule has 0 aromatic heterocycles. The van der Waals surface area contributed by atoms with E-state index in [1.165, 1.54) is 0 Å². The standard InChI is InChI=1S/C10H12F3NO/c11-7-5-9(13)8(12)4-6(7)10(14)2-1-3-15/h4-5,10,15H,1-3,14H2/t10-/m0/s1. The molecule has 0 amide bonds. The summed E-state index contributed by atoms with van der Waals surface area (Å²) in [6.45, 7) is -0.0704. The minimum atomic E-state index is -1.23. The van der Waals surface area contributed by atoms with E-state index in [2.05, 4.69) is 0 Å². The van der Waals surface area contributed by atoms with E-state index in [4.69, 9.17) is 10.8 Å². The molecule has 0 spiro atoms. The maximum atomic E-state index is 13.2. The van der Waals surface area contributed by atoms with Gasteiger partial charge in [0.2, 0.25) is 0 Å². The molecule has 1 atom stereocenters. The van der Waals surface area contributed by atoms with E-state index in [1.54, 1.807) is 0 Å². The Hall–Kier alpha value is -1.07. The normalized spacial score (nSPS) is 12.9. The largest absolute Gasteiger partial charge is 0.396 e. The SMILES string of the molecule is N[C@@H](CCCO)c1cc(F)c(F)cc1F. The summed E-state index contributed by atoms with van der Waals surface area (Å²) in [5.41, 5.74) is 5.49. The molecule has 0 bridgehead atoms. The smallest absolute Gasteiger partial charge is 0.161 e. The first-order valence-corrected chi connectivity index (χ1v) is 4.57. The van der Waals surface area contributed by atoms with Gasteiger partial charge in [0.1, 0.15) is 5.82 Å². The van der Waals surface area contributed by atoms with Gasteiger partial charge in [-0.05, 0) is 18.9 Å². The molecular weight excluding hydrogens is 207 g/mol. The Labute approximate surface area is 85.5 Å². The Bertz CT molecular complexity index is 344. The van der Waals surface area contributed by atoms with Crippen molar-refractivity contribution in [3.05, 3.63) is 35.1 Å². The Kier molecular flexibility index (Phi) is 4.11. The summed E-state index contributed by atoms with van der Waals surface area (Å²) in [5, 5.41) is 8.55. The third kappa shape index (κ3) is 2.94. The monoisotopic (exact) mass is 219 g/mol. The lowest BCUT2D eigenvalue weighted by atomic mass is 10.0. The van der Waals surface area contributed by atoms with Crippen LogP contribution in [0.1, 0.15) is 24.4 Å². The van der Waals surface area contributed by atoms with Crippen LogP contribution >= 0.6 is 0 Å². The topological polar surface area (TPSA) is 46.2 Å². The van der Waals surface area contributed by atoms with E-state index in [1.807, 2.05) is 0 Å². The molecule has 0 radical (unpaired) electrons. The zero-order chi connectivity index (χ0) is 11.4. The van der Waals surface area contributed by atoms with E-state index in [0.717, 1.165) is 6.07 Å². The molecule has 0 aliphatic carbocycles. The van der Waals surface area contributed by atoms with Crippen LogP contribution in [-0.2, 0) is 0 Å². The van der Waals surface area contributed by atoms with Crippen molar-refractivity contribution in [2.24, 2.45) is 5.73 Å². The predicted octanol–water partition coefficient (Wildman–Crippen LogP) is 1.88. The molecule has 0 saturated heterocycles. The molecule has 0 aliphatic rings. The van der Waals surface area contributed by atoms with Gasteiger partial charge in [-0.3, -0.25) is 0 Å². The molecule has 1 aromatic rings. The number of hydrogen-bond donors (Lipinski definition) is 2. The van der Waals surface area contributed by atoms with E-state index < -0.39 is 23.5 Å². The fraction of sp³-hybridized carbons (Fsp3) is 0.400. The number of aliphatic hydroxyl groups excluding tert-OH is 1. The lowest BCUT2D eigenvalue weighted by Crippen LogP contribution is -2.13. The van der Waals surface area contributed by atoms with Gasteiger partial charge in [0.05, 0.1) is 0 Å². The maximum Gasteiger partial charge on any atom is 0.161 e. The molecule has 0 heterocycles. The Morgan fingerprint density at radius 1 is 1.13 bits per heavy atom. The Morgan fingerprint density at radius 3 is 2.33 bits per heavy atom. The van der Waals surface area contributed by atoms with Crippen molar-refractivity contribution < 1.29 is 18.3 Å². The summed E-state index contributed by atoms with van der Waals surface area (Å²) in [5.74, 6) is -3.21. The second kappa shape index (κ2) is 5.14. The van der Waals surface area contributed by atoms with Crippen molar-refractivity contribution in [3.8, 4) is 0 Å². The third-order valence-corrected chi connectivity index (χ3v) is 2.11. The molecule has 0 aliphatic heterocycles. The Balaban J connectivity index is 2.88. The van der Waals surface area contributed by atoms with Gasteiger partial charge in [0.25, 0.3) is 0 Å². The van der Waals surface area contributed by atoms with Crippen molar-refractivity contribution >= 4 is 0 Å². The minimum absolute atomic E-state index is 0.0673. The first-order chi connectivity index (χ1) is 7.06. The number of halogens is 3. The van der Waals surface area contributed by atoms with E-state index in [0.29, 0.717) is 18.9 Å². The summed E-state index contributed by atoms with van der Waals surface area (Å²) >= 11 is 0. The van der Waals surface area contributed by atoms with Crippen LogP contribution < -0.4 is 5.73 Å². The van der Waals surface area contributed by atoms with Crippen molar-refractivity contribution in [1.82, 2.24) is 0 Å². The zero-order valence-corrected chi connectivity index (χ0v) is 8.01. The summed E-state index contributed by atoms with van der Waals surface area (Å²) in [4.78, 5) is 0. The average Bonchev–Trinajstić information content (AvgIpc) is 2.20. The zero-order valence-electron chi connectivity index (χ0n) is 8.01. The highest BCUT2D eigenvalue weighted by Crippen LogP contribution is 2.21. The Morgan fingerprint density at radius 2 is 1.73 bits per heavy atom. The van der Waals surface area contributed by atoms with E-state index >= 15 is 0 Å². The van der Waals surface area contributed by atoms with Crippen LogP contribution in [0.5, 0.6) is 0 Å². The molecule has 3 N–H and O–H groups in total. The molecule has 15 heavy (non-hydrogen) atoms. The first-order valence-electron chi connectivity index (χ1n) is 4.57. The molecular formula is C10H12F3NO. The van der Waals surface area contributed by atoms with E-state index in [9.17, 15) is 13.2 Å². The number of benzene rings is 1. The molecule has 2 nitrogen and oxygen atoms in total. The molecule has 0 unspecified atom stereocenters. The number of rotatable bonds is 4. The molecule has 0 saturated carbocycles. The van der Waals surface area contributed by atoms with Crippen LogP contribution in [0.15, 0.2) is 12.1 Å². The van der Waals surface area contributed by atoms with Crippen molar-refractivity contribution in [1.29, 1.82) is 0 Å². The van der Waals surface area contributed by atoms with Crippen LogP contribution in [0.25, 0.3) is 0 Å². The number of hydrogen-bond acceptors (Lipinski definition) is 2. The highest BCUT2D eigenvalue weighted by molar-refractivity contribution is 5.23. The second-order valence-electron chi connectivity index (χ2n) is 3.26. The third-order valence-electron chi connectivity index (χ3n) is 2.11. The van der Waals surface area contributed by atoms with Crippen molar-refractivity contribution in [3.63, 3.8) is 0 Å². The van der Waals surface area contributed by atoms with Crippen LogP contribution in [0.4, 0.5) is 13.2 Å². The fourth-order valence-corrected chi connectivity index (χ4v) is 1.29. The van der Waals surface area contributed by atoms with E-state index in [-0.39, 0.29) is 12.2 Å². The van der Waals surface area contributed by atoms with Crippen LogP contribution in [0, 0.1) is 17.5 Å². The number of aliphatic hydroxyl groups is 1. The summed E-state index contributed by atoms with van der Waals surface area (Å²) in [7, 11) is 0. The summed E-state index contributed by atoms with van der Waals surface area (Å²) in [6.07, 6.45) is 0.706. The molecule has 84 valence electrons. The first kappa shape index (κ1) is 12.0. The average molecular weight is 219 g/mol. The fourth-order valence-electron chi connectivity index (χ4n) is 1.29. The van der Waals surface area contributed by atoms with Crippen LogP contribution in [0.3, 0.4) is 0 Å². The van der Waals surface area contributed by atoms with Gasteiger partial charge in [-0.15, -0.1) is 0 Å². The lowest BCUT2D eigenvalue weighted by molar-refractivity contribution is 0.279. The highest BCUT2D eigenvalue weighted by atomic mass is 19.2. The van der Waals surface area contributed by atoms with Gasteiger partial charge in [0, 0.05) is 24.3 Å². The van der Waals surface area contributed by atoms with Gasteiger partial charge in [-0.2, -0.15) is 0 Å². The van der Waals surface area contributed by atoms with Crippen LogP contribution in [-0.4, -0.2) is 11.7 Å². The van der Waals surface area contributed by atoms with Crippen molar-refractivity contribution in [2.45, 2.75) is 18.9 Å². The van der Waals surface area contributed by atoms with Gasteiger partial charge in [0.15, 0.2) is 11.6 Å². The highest BCUT2D eigenvalue weighted by Gasteiger charge is 2.15. The van der Waals surface area contributed by atoms with Gasteiger partial charge in [-0.1, -0.05) is 0 Å². The predicted molar refractivity (Wildman–Crippen MR) is 49.6 cm³/mol. The summed E-state index contributed by atoms with van der Waals surface area (Å²) < 4.78 is 38.5. The second-order valence-corrected chi connectivity index (χ2v) is 3.26. The van der Waals surface area contributed by atoms with Gasteiger partial charge < -0.3 is 10.8 Å². The summed E-state index contributed by atoms with van der Waals surface area (Å²) in [6, 6.07) is 0.503. The molecule has 1 rings (SSSR count).